The van der Waals surface area contributed by atoms with Crippen LogP contribution in [0.25, 0.3) is 11.1 Å². The largest absolute Gasteiger partial charge is 0.465 e. The Labute approximate surface area is 180 Å². The van der Waals surface area contributed by atoms with Gasteiger partial charge >= 0.3 is 6.09 Å². The normalized spacial score (nSPS) is 21.4. The lowest BCUT2D eigenvalue weighted by molar-refractivity contribution is -0.120. The Balaban J connectivity index is 1.44. The minimum absolute atomic E-state index is 0.0243. The molecular weight excluding hydrogens is 400 g/mol. The third-order valence-corrected chi connectivity index (χ3v) is 6.32. The minimum Gasteiger partial charge on any atom is -0.465 e. The summed E-state index contributed by atoms with van der Waals surface area (Å²) in [4.78, 5) is 28.1. The SMILES string of the molecule is C[C@H]1CN(C(=O)O)c2cc(-c3cnn(C4COC4)c3)ccc2N1C(=O)CCC1COC1. The summed E-state index contributed by atoms with van der Waals surface area (Å²) in [5.41, 5.74) is 2.94. The molecular formula is C22H26N4O5. The van der Waals surface area contributed by atoms with Crippen molar-refractivity contribution in [1.82, 2.24) is 9.78 Å². The van der Waals surface area contributed by atoms with Gasteiger partial charge in [-0.3, -0.25) is 14.4 Å². The van der Waals surface area contributed by atoms with Gasteiger partial charge in [0, 0.05) is 30.6 Å². The molecule has 0 unspecified atom stereocenters. The number of fused-ring (bicyclic) bond motifs is 1. The maximum absolute atomic E-state index is 13.1. The molecule has 31 heavy (non-hydrogen) atoms. The Morgan fingerprint density at radius 1 is 1.13 bits per heavy atom. The molecule has 5 rings (SSSR count). The van der Waals surface area contributed by atoms with Gasteiger partial charge in [0.25, 0.3) is 0 Å². The van der Waals surface area contributed by atoms with Gasteiger partial charge in [0.2, 0.25) is 5.91 Å². The highest BCUT2D eigenvalue weighted by molar-refractivity contribution is 6.03. The molecule has 0 aliphatic carbocycles. The lowest BCUT2D eigenvalue weighted by atomic mass is 9.99. The molecule has 0 radical (unpaired) electrons. The number of benzene rings is 1. The third-order valence-electron chi connectivity index (χ3n) is 6.32. The van der Waals surface area contributed by atoms with E-state index in [0.717, 1.165) is 30.8 Å². The van der Waals surface area contributed by atoms with E-state index in [0.29, 0.717) is 36.9 Å². The average Bonchev–Trinajstić information content (AvgIpc) is 3.13. The van der Waals surface area contributed by atoms with Crippen LogP contribution in [0, 0.1) is 5.92 Å². The summed E-state index contributed by atoms with van der Waals surface area (Å²) in [6, 6.07) is 5.63. The number of carbonyl (C=O) groups excluding carboxylic acids is 1. The molecule has 0 spiro atoms. The van der Waals surface area contributed by atoms with Crippen LogP contribution in [0.3, 0.4) is 0 Å². The second kappa shape index (κ2) is 7.97. The van der Waals surface area contributed by atoms with Crippen LogP contribution in [-0.2, 0) is 14.3 Å². The summed E-state index contributed by atoms with van der Waals surface area (Å²) in [5.74, 6) is 0.468. The number of anilines is 2. The number of ether oxygens (including phenoxy) is 2. The summed E-state index contributed by atoms with van der Waals surface area (Å²) < 4.78 is 12.3. The molecule has 1 aromatic heterocycles. The van der Waals surface area contributed by atoms with Crippen LogP contribution in [0.1, 0.15) is 25.8 Å². The molecule has 4 heterocycles. The summed E-state index contributed by atoms with van der Waals surface area (Å²) >= 11 is 0. The lowest BCUT2D eigenvalue weighted by Gasteiger charge is -2.40. The van der Waals surface area contributed by atoms with Crippen molar-refractivity contribution < 1.29 is 24.2 Å². The second-order valence-electron chi connectivity index (χ2n) is 8.55. The Hall–Kier alpha value is -2.91. The zero-order valence-electron chi connectivity index (χ0n) is 17.4. The van der Waals surface area contributed by atoms with Crippen molar-refractivity contribution in [2.45, 2.75) is 31.8 Å². The summed E-state index contributed by atoms with van der Waals surface area (Å²) in [7, 11) is 0. The van der Waals surface area contributed by atoms with Crippen molar-refractivity contribution in [3.63, 3.8) is 0 Å². The van der Waals surface area contributed by atoms with Gasteiger partial charge in [0.1, 0.15) is 0 Å². The molecule has 1 N–H and O–H groups in total. The Kier molecular flexibility index (Phi) is 5.15. The zero-order valence-corrected chi connectivity index (χ0v) is 17.4. The Morgan fingerprint density at radius 2 is 1.90 bits per heavy atom. The smallest absolute Gasteiger partial charge is 0.411 e. The number of hydrogen-bond donors (Lipinski definition) is 1. The molecule has 164 valence electrons. The van der Waals surface area contributed by atoms with E-state index < -0.39 is 6.09 Å². The molecule has 2 fully saturated rings. The Bertz CT molecular complexity index is 998. The van der Waals surface area contributed by atoms with Gasteiger partial charge in [-0.15, -0.1) is 0 Å². The molecule has 0 bridgehead atoms. The second-order valence-corrected chi connectivity index (χ2v) is 8.55. The molecule has 9 nitrogen and oxygen atoms in total. The standard InChI is InChI=1S/C22H26N4O5/c1-14-8-24(22(28)29)20-6-16(17-7-23-25(9-17)18-12-31-13-18)3-4-19(20)26(14)21(27)5-2-15-10-30-11-15/h3-4,6-7,9,14-15,18H,2,5,8,10-13H2,1H3,(H,28,29)/t14-/m0/s1. The Morgan fingerprint density at radius 3 is 2.55 bits per heavy atom. The molecule has 2 amide bonds. The number of carbonyl (C=O) groups is 2. The molecule has 1 atom stereocenters. The highest BCUT2D eigenvalue weighted by Gasteiger charge is 2.35. The minimum atomic E-state index is -1.02. The first-order valence-electron chi connectivity index (χ1n) is 10.7. The third kappa shape index (κ3) is 3.68. The molecule has 1 aromatic carbocycles. The van der Waals surface area contributed by atoms with E-state index in [2.05, 4.69) is 5.10 Å². The number of carboxylic acid groups (broad SMARTS) is 1. The van der Waals surface area contributed by atoms with Crippen LogP contribution in [0.15, 0.2) is 30.6 Å². The van der Waals surface area contributed by atoms with Crippen LogP contribution in [-0.4, -0.2) is 65.9 Å². The molecule has 0 saturated carbocycles. The van der Waals surface area contributed by atoms with Crippen molar-refractivity contribution in [3.05, 3.63) is 30.6 Å². The van der Waals surface area contributed by atoms with Crippen LogP contribution in [0.2, 0.25) is 0 Å². The van der Waals surface area contributed by atoms with Crippen molar-refractivity contribution in [3.8, 4) is 11.1 Å². The number of rotatable bonds is 5. The number of amides is 2. The molecule has 9 heteroatoms. The van der Waals surface area contributed by atoms with Crippen LogP contribution >= 0.6 is 0 Å². The van der Waals surface area contributed by atoms with Crippen LogP contribution < -0.4 is 9.80 Å². The highest BCUT2D eigenvalue weighted by atomic mass is 16.5. The first-order valence-corrected chi connectivity index (χ1v) is 10.7. The van der Waals surface area contributed by atoms with Gasteiger partial charge in [0.15, 0.2) is 0 Å². The zero-order chi connectivity index (χ0) is 21.5. The van der Waals surface area contributed by atoms with Gasteiger partial charge in [-0.1, -0.05) is 6.07 Å². The summed E-state index contributed by atoms with van der Waals surface area (Å²) in [5, 5.41) is 14.2. The maximum atomic E-state index is 13.1. The van der Waals surface area contributed by atoms with Gasteiger partial charge < -0.3 is 19.5 Å². The van der Waals surface area contributed by atoms with Crippen LogP contribution in [0.5, 0.6) is 0 Å². The number of aromatic nitrogens is 2. The quantitative estimate of drug-likeness (QED) is 0.790. The lowest BCUT2D eigenvalue weighted by Crippen LogP contribution is -2.51. The predicted molar refractivity (Wildman–Crippen MR) is 113 cm³/mol. The molecule has 2 aromatic rings. The predicted octanol–water partition coefficient (Wildman–Crippen LogP) is 2.77. The monoisotopic (exact) mass is 426 g/mol. The number of hydrogen-bond acceptors (Lipinski definition) is 5. The fourth-order valence-corrected chi connectivity index (χ4v) is 4.33. The van der Waals surface area contributed by atoms with Crippen molar-refractivity contribution in [1.29, 1.82) is 0 Å². The van der Waals surface area contributed by atoms with E-state index in [9.17, 15) is 14.7 Å². The molecule has 2 saturated heterocycles. The molecule has 3 aliphatic rings. The van der Waals surface area contributed by atoms with E-state index in [4.69, 9.17) is 9.47 Å². The van der Waals surface area contributed by atoms with Crippen molar-refractivity contribution >= 4 is 23.4 Å². The fourth-order valence-electron chi connectivity index (χ4n) is 4.33. The van der Waals surface area contributed by atoms with E-state index >= 15 is 0 Å². The first kappa shape index (κ1) is 20.0. The first-order chi connectivity index (χ1) is 15.0. The van der Waals surface area contributed by atoms with Crippen LogP contribution in [0.4, 0.5) is 16.2 Å². The van der Waals surface area contributed by atoms with Gasteiger partial charge in [-0.25, -0.2) is 4.79 Å². The average molecular weight is 426 g/mol. The van der Waals surface area contributed by atoms with Crippen molar-refractivity contribution in [2.75, 3.05) is 42.8 Å². The van der Waals surface area contributed by atoms with Gasteiger partial charge in [-0.2, -0.15) is 5.10 Å². The van der Waals surface area contributed by atoms with E-state index in [1.54, 1.807) is 11.1 Å². The van der Waals surface area contributed by atoms with Gasteiger partial charge in [-0.05, 0) is 31.0 Å². The maximum Gasteiger partial charge on any atom is 0.411 e. The van der Waals surface area contributed by atoms with Crippen molar-refractivity contribution in [2.24, 2.45) is 5.92 Å². The van der Waals surface area contributed by atoms with Gasteiger partial charge in [0.05, 0.1) is 56.1 Å². The number of nitrogens with zero attached hydrogens (tertiary/aromatic N) is 4. The topological polar surface area (TPSA) is 97.1 Å². The highest BCUT2D eigenvalue weighted by Crippen LogP contribution is 2.39. The van der Waals surface area contributed by atoms with E-state index in [1.165, 1.54) is 4.90 Å². The van der Waals surface area contributed by atoms with E-state index in [-0.39, 0.29) is 24.5 Å². The fraction of sp³-hybridized carbons (Fsp3) is 0.500. The molecule has 3 aliphatic heterocycles. The summed E-state index contributed by atoms with van der Waals surface area (Å²) in [6.07, 6.45) is 3.94. The van der Waals surface area contributed by atoms with E-state index in [1.807, 2.05) is 36.0 Å². The summed E-state index contributed by atoms with van der Waals surface area (Å²) in [6.45, 7) is 4.87.